The van der Waals surface area contributed by atoms with Gasteiger partial charge in [0.05, 0.1) is 5.02 Å². The summed E-state index contributed by atoms with van der Waals surface area (Å²) in [6.45, 7) is 6.64. The van der Waals surface area contributed by atoms with Crippen molar-refractivity contribution in [3.8, 4) is 0 Å². The Morgan fingerprint density at radius 2 is 2.28 bits per heavy atom. The molecule has 1 aliphatic heterocycles. The third-order valence-corrected chi connectivity index (χ3v) is 3.94. The fourth-order valence-corrected chi connectivity index (χ4v) is 2.73. The number of hydrogen-bond acceptors (Lipinski definition) is 3. The molecule has 5 heteroatoms. The molecule has 0 aliphatic carbocycles. The summed E-state index contributed by atoms with van der Waals surface area (Å²) < 4.78 is 1.77. The molecule has 0 N–H and O–H groups in total. The molecule has 0 radical (unpaired) electrons. The second-order valence-electron chi connectivity index (χ2n) is 5.17. The minimum Gasteiger partial charge on any atom is -0.300 e. The van der Waals surface area contributed by atoms with Crippen molar-refractivity contribution in [3.63, 3.8) is 0 Å². The third kappa shape index (κ3) is 1.99. The summed E-state index contributed by atoms with van der Waals surface area (Å²) >= 11 is 6.12. The highest BCUT2D eigenvalue weighted by Crippen LogP contribution is 2.27. The Morgan fingerprint density at radius 3 is 2.94 bits per heavy atom. The molecule has 3 rings (SSSR count). The van der Waals surface area contributed by atoms with Crippen LogP contribution in [0.15, 0.2) is 18.3 Å². The van der Waals surface area contributed by atoms with Crippen LogP contribution >= 0.6 is 11.6 Å². The number of pyridine rings is 1. The number of aromatic nitrogens is 3. The average molecular weight is 265 g/mol. The van der Waals surface area contributed by atoms with Crippen LogP contribution in [-0.4, -0.2) is 38.6 Å². The topological polar surface area (TPSA) is 33.4 Å². The zero-order valence-electron chi connectivity index (χ0n) is 10.7. The van der Waals surface area contributed by atoms with Crippen LogP contribution < -0.4 is 0 Å². The monoisotopic (exact) mass is 264 g/mol. The predicted molar refractivity (Wildman–Crippen MR) is 72.1 cm³/mol. The van der Waals surface area contributed by atoms with E-state index in [-0.39, 0.29) is 0 Å². The van der Waals surface area contributed by atoms with Gasteiger partial charge in [-0.25, -0.2) is 9.50 Å². The zero-order chi connectivity index (χ0) is 12.7. The molecule has 0 bridgehead atoms. The van der Waals surface area contributed by atoms with Gasteiger partial charge in [0, 0.05) is 24.7 Å². The molecule has 1 unspecified atom stereocenters. The van der Waals surface area contributed by atoms with Gasteiger partial charge in [0.25, 0.3) is 0 Å². The molecule has 0 saturated carbocycles. The molecule has 0 amide bonds. The summed E-state index contributed by atoms with van der Waals surface area (Å²) in [5, 5.41) is 5.21. The second kappa shape index (κ2) is 4.52. The first-order valence-corrected chi connectivity index (χ1v) is 6.78. The van der Waals surface area contributed by atoms with Crippen molar-refractivity contribution in [2.75, 3.05) is 13.1 Å². The number of rotatable bonds is 2. The van der Waals surface area contributed by atoms with Gasteiger partial charge in [0.2, 0.25) is 0 Å². The highest BCUT2D eigenvalue weighted by atomic mass is 35.5. The lowest BCUT2D eigenvalue weighted by Crippen LogP contribution is -2.28. The lowest BCUT2D eigenvalue weighted by Gasteiger charge is -2.19. The van der Waals surface area contributed by atoms with Gasteiger partial charge in [-0.15, -0.1) is 0 Å². The van der Waals surface area contributed by atoms with Crippen molar-refractivity contribution >= 4 is 17.2 Å². The zero-order valence-corrected chi connectivity index (χ0v) is 11.4. The highest BCUT2D eigenvalue weighted by Gasteiger charge is 2.28. The van der Waals surface area contributed by atoms with E-state index in [4.69, 9.17) is 11.6 Å². The Labute approximate surface area is 112 Å². The molecule has 3 heterocycles. The van der Waals surface area contributed by atoms with Crippen molar-refractivity contribution in [1.82, 2.24) is 19.5 Å². The minimum atomic E-state index is 0.434. The number of nitrogens with zero attached hydrogens (tertiary/aromatic N) is 4. The lowest BCUT2D eigenvalue weighted by atomic mass is 10.1. The van der Waals surface area contributed by atoms with Crippen molar-refractivity contribution in [2.45, 2.75) is 32.2 Å². The van der Waals surface area contributed by atoms with Crippen molar-refractivity contribution in [3.05, 3.63) is 29.2 Å². The van der Waals surface area contributed by atoms with Crippen molar-refractivity contribution < 1.29 is 0 Å². The molecule has 0 aromatic carbocycles. The maximum Gasteiger partial charge on any atom is 0.174 e. The van der Waals surface area contributed by atoms with Crippen LogP contribution in [0.3, 0.4) is 0 Å². The molecular weight excluding hydrogens is 248 g/mol. The molecule has 1 saturated heterocycles. The fourth-order valence-electron chi connectivity index (χ4n) is 2.53. The number of hydrogen-bond donors (Lipinski definition) is 0. The molecule has 2 aromatic heterocycles. The Kier molecular flexibility index (Phi) is 2.99. The summed E-state index contributed by atoms with van der Waals surface area (Å²) in [5.41, 5.74) is 0.761. The van der Waals surface area contributed by atoms with Gasteiger partial charge in [0.1, 0.15) is 0 Å². The first-order valence-electron chi connectivity index (χ1n) is 6.40. The molecule has 1 fully saturated rings. The first-order chi connectivity index (χ1) is 8.65. The molecule has 2 aromatic rings. The molecule has 1 atom stereocenters. The van der Waals surface area contributed by atoms with E-state index in [1.165, 1.54) is 0 Å². The van der Waals surface area contributed by atoms with E-state index < -0.39 is 0 Å². The number of fused-ring (bicyclic) bond motifs is 1. The first kappa shape index (κ1) is 11.9. The summed E-state index contributed by atoms with van der Waals surface area (Å²) in [6.07, 6.45) is 3.03. The smallest absolute Gasteiger partial charge is 0.174 e. The van der Waals surface area contributed by atoms with Crippen LogP contribution in [0.25, 0.3) is 5.65 Å². The van der Waals surface area contributed by atoms with Crippen molar-refractivity contribution in [2.24, 2.45) is 0 Å². The highest BCUT2D eigenvalue weighted by molar-refractivity contribution is 6.33. The molecule has 0 spiro atoms. The molecule has 1 aliphatic rings. The van der Waals surface area contributed by atoms with E-state index in [1.54, 1.807) is 4.52 Å². The van der Waals surface area contributed by atoms with E-state index >= 15 is 0 Å². The Balaban J connectivity index is 1.89. The second-order valence-corrected chi connectivity index (χ2v) is 5.58. The molecule has 18 heavy (non-hydrogen) atoms. The molecule has 4 nitrogen and oxygen atoms in total. The SMILES string of the molecule is CC(C)N1CCC(c2nc3c(Cl)cccn3n2)C1. The van der Waals surface area contributed by atoms with E-state index in [0.717, 1.165) is 31.0 Å². The van der Waals surface area contributed by atoms with Gasteiger partial charge >= 0.3 is 0 Å². The summed E-state index contributed by atoms with van der Waals surface area (Å²) in [7, 11) is 0. The van der Waals surface area contributed by atoms with E-state index in [0.29, 0.717) is 17.0 Å². The summed E-state index contributed by atoms with van der Waals surface area (Å²) in [5.74, 6) is 1.36. The van der Waals surface area contributed by atoms with Gasteiger partial charge in [-0.3, -0.25) is 0 Å². The number of likely N-dealkylation sites (tertiary alicyclic amines) is 1. The van der Waals surface area contributed by atoms with Gasteiger partial charge in [0.15, 0.2) is 11.5 Å². The van der Waals surface area contributed by atoms with E-state index in [1.807, 2.05) is 18.3 Å². The maximum atomic E-state index is 6.12. The van der Waals surface area contributed by atoms with Crippen LogP contribution in [0, 0.1) is 0 Å². The van der Waals surface area contributed by atoms with Crippen LogP contribution in [-0.2, 0) is 0 Å². The van der Waals surface area contributed by atoms with Crippen LogP contribution in [0.5, 0.6) is 0 Å². The minimum absolute atomic E-state index is 0.434. The quantitative estimate of drug-likeness (QED) is 0.836. The summed E-state index contributed by atoms with van der Waals surface area (Å²) in [6, 6.07) is 4.34. The fraction of sp³-hybridized carbons (Fsp3) is 0.538. The molecular formula is C13H17ClN4. The number of halogens is 1. The van der Waals surface area contributed by atoms with Crippen LogP contribution in [0.2, 0.25) is 5.02 Å². The Hall–Kier alpha value is -1.13. The van der Waals surface area contributed by atoms with Crippen LogP contribution in [0.4, 0.5) is 0 Å². The standard InChI is InChI=1S/C13H17ClN4/c1-9(2)17-7-5-10(8-17)12-15-13-11(14)4-3-6-18(13)16-12/h3-4,6,9-10H,5,7-8H2,1-2H3. The average Bonchev–Trinajstić information content (AvgIpc) is 2.95. The molecule has 96 valence electrons. The summed E-state index contributed by atoms with van der Waals surface area (Å²) in [4.78, 5) is 7.05. The van der Waals surface area contributed by atoms with E-state index in [9.17, 15) is 0 Å². The maximum absolute atomic E-state index is 6.12. The Morgan fingerprint density at radius 1 is 1.44 bits per heavy atom. The van der Waals surface area contributed by atoms with Gasteiger partial charge in [-0.05, 0) is 38.9 Å². The normalized spacial score (nSPS) is 21.2. The van der Waals surface area contributed by atoms with Gasteiger partial charge < -0.3 is 4.90 Å². The predicted octanol–water partition coefficient (Wildman–Crippen LogP) is 2.58. The van der Waals surface area contributed by atoms with Crippen LogP contribution in [0.1, 0.15) is 32.0 Å². The van der Waals surface area contributed by atoms with Gasteiger partial charge in [-0.2, -0.15) is 5.10 Å². The van der Waals surface area contributed by atoms with E-state index in [2.05, 4.69) is 28.8 Å². The largest absolute Gasteiger partial charge is 0.300 e. The van der Waals surface area contributed by atoms with Crippen molar-refractivity contribution in [1.29, 1.82) is 0 Å². The Bertz CT molecular complexity index is 563. The third-order valence-electron chi connectivity index (χ3n) is 3.65. The lowest BCUT2D eigenvalue weighted by molar-refractivity contribution is 0.272. The van der Waals surface area contributed by atoms with Gasteiger partial charge in [-0.1, -0.05) is 11.6 Å².